The third-order valence-corrected chi connectivity index (χ3v) is 3.56. The predicted octanol–water partition coefficient (Wildman–Crippen LogP) is 1.80. The van der Waals surface area contributed by atoms with Gasteiger partial charge in [0.15, 0.2) is 11.5 Å². The summed E-state index contributed by atoms with van der Waals surface area (Å²) < 4.78 is 21.2. The van der Waals surface area contributed by atoms with E-state index in [1.807, 2.05) is 12.1 Å². The van der Waals surface area contributed by atoms with Gasteiger partial charge in [0.1, 0.15) is 10.8 Å². The molecule has 2 aromatic rings. The van der Waals surface area contributed by atoms with Crippen LogP contribution in [0.3, 0.4) is 0 Å². The molecule has 2 heterocycles. The molecule has 0 unspecified atom stereocenters. The van der Waals surface area contributed by atoms with Crippen LogP contribution in [0.1, 0.15) is 5.01 Å². The summed E-state index contributed by atoms with van der Waals surface area (Å²) in [5.74, 6) is 2.05. The third-order valence-electron chi connectivity index (χ3n) is 2.76. The summed E-state index contributed by atoms with van der Waals surface area (Å²) in [6, 6.07) is 5.40. The maximum absolute atomic E-state index is 5.67. The van der Waals surface area contributed by atoms with Crippen molar-refractivity contribution in [1.82, 2.24) is 15.5 Å². The van der Waals surface area contributed by atoms with Crippen LogP contribution < -0.4 is 19.5 Å². The van der Waals surface area contributed by atoms with Gasteiger partial charge in [-0.15, -0.1) is 5.10 Å². The molecule has 21 heavy (non-hydrogen) atoms. The Bertz CT molecular complexity index is 605. The van der Waals surface area contributed by atoms with Crippen LogP contribution in [-0.4, -0.2) is 37.3 Å². The normalized spacial score (nSPS) is 12.6. The molecule has 1 aromatic carbocycles. The van der Waals surface area contributed by atoms with Crippen molar-refractivity contribution in [1.29, 1.82) is 0 Å². The lowest BCUT2D eigenvalue weighted by Gasteiger charge is -2.02. The molecular weight excluding hydrogens is 294 g/mol. The van der Waals surface area contributed by atoms with Crippen molar-refractivity contribution in [3.63, 3.8) is 0 Å². The highest BCUT2D eigenvalue weighted by Gasteiger charge is 2.15. The minimum atomic E-state index is 0.245. The first-order valence-corrected chi connectivity index (χ1v) is 7.26. The van der Waals surface area contributed by atoms with Gasteiger partial charge in [-0.1, -0.05) is 16.4 Å². The zero-order valence-electron chi connectivity index (χ0n) is 11.5. The topological polar surface area (TPSA) is 74.7 Å². The van der Waals surface area contributed by atoms with Gasteiger partial charge < -0.3 is 24.3 Å². The molecule has 0 spiro atoms. The van der Waals surface area contributed by atoms with Gasteiger partial charge in [-0.3, -0.25) is 0 Å². The van der Waals surface area contributed by atoms with Crippen LogP contribution in [0.5, 0.6) is 22.4 Å². The summed E-state index contributed by atoms with van der Waals surface area (Å²) >= 11 is 1.40. The number of methoxy groups -OCH3 is 1. The third kappa shape index (κ3) is 3.60. The summed E-state index contributed by atoms with van der Waals surface area (Å²) in [5.41, 5.74) is 0. The monoisotopic (exact) mass is 309 g/mol. The van der Waals surface area contributed by atoms with Gasteiger partial charge in [0.25, 0.3) is 5.19 Å². The molecular formula is C13H15N3O4S. The van der Waals surface area contributed by atoms with Crippen molar-refractivity contribution in [2.75, 3.05) is 27.1 Å². The van der Waals surface area contributed by atoms with Crippen molar-refractivity contribution >= 4 is 11.3 Å². The van der Waals surface area contributed by atoms with E-state index in [1.165, 1.54) is 11.3 Å². The molecule has 0 bridgehead atoms. The Hall–Kier alpha value is -1.90. The molecule has 0 saturated heterocycles. The van der Waals surface area contributed by atoms with Crippen molar-refractivity contribution in [2.45, 2.75) is 6.54 Å². The maximum Gasteiger partial charge on any atom is 0.299 e. The predicted molar refractivity (Wildman–Crippen MR) is 76.1 cm³/mol. The molecule has 0 saturated carbocycles. The van der Waals surface area contributed by atoms with Crippen LogP contribution in [0.15, 0.2) is 18.2 Å². The molecule has 8 heteroatoms. The molecule has 0 aliphatic carbocycles. The van der Waals surface area contributed by atoms with E-state index in [-0.39, 0.29) is 6.79 Å². The van der Waals surface area contributed by atoms with Crippen LogP contribution in [0.25, 0.3) is 0 Å². The quantitative estimate of drug-likeness (QED) is 0.782. The van der Waals surface area contributed by atoms with E-state index < -0.39 is 0 Å². The van der Waals surface area contributed by atoms with Gasteiger partial charge in [-0.05, 0) is 12.1 Å². The summed E-state index contributed by atoms with van der Waals surface area (Å²) in [4.78, 5) is 0. The lowest BCUT2D eigenvalue weighted by atomic mass is 10.3. The van der Waals surface area contributed by atoms with Gasteiger partial charge in [0, 0.05) is 26.3 Å². The fourth-order valence-corrected chi connectivity index (χ4v) is 2.44. The Morgan fingerprint density at radius 1 is 1.29 bits per heavy atom. The second-order valence-corrected chi connectivity index (χ2v) is 5.27. The number of benzene rings is 1. The first-order chi connectivity index (χ1) is 10.3. The minimum absolute atomic E-state index is 0.245. The Balaban J connectivity index is 1.57. The van der Waals surface area contributed by atoms with E-state index in [0.29, 0.717) is 29.8 Å². The number of rotatable bonds is 7. The van der Waals surface area contributed by atoms with Gasteiger partial charge in [0.05, 0.1) is 6.61 Å². The SMILES string of the molecule is COCCNCc1nnc(Oc2ccc3c(c2)OCO3)s1. The molecule has 0 amide bonds. The van der Waals surface area contributed by atoms with Crippen molar-refractivity contribution in [3.8, 4) is 22.4 Å². The standard InChI is InChI=1S/C13H15N3O4S/c1-17-5-4-14-7-12-15-16-13(21-12)20-9-2-3-10-11(6-9)19-8-18-10/h2-3,6,14H,4-5,7-8H2,1H3. The largest absolute Gasteiger partial charge is 0.454 e. The molecule has 1 aliphatic heterocycles. The molecule has 7 nitrogen and oxygen atoms in total. The Morgan fingerprint density at radius 3 is 3.10 bits per heavy atom. The van der Waals surface area contributed by atoms with Crippen LogP contribution in [0.2, 0.25) is 0 Å². The number of ether oxygens (including phenoxy) is 4. The number of nitrogens with zero attached hydrogens (tertiary/aromatic N) is 2. The molecule has 3 rings (SSSR count). The lowest BCUT2D eigenvalue weighted by molar-refractivity contribution is 0.174. The number of nitrogens with one attached hydrogen (secondary N) is 1. The molecule has 0 atom stereocenters. The fraction of sp³-hybridized carbons (Fsp3) is 0.385. The van der Waals surface area contributed by atoms with E-state index in [1.54, 1.807) is 13.2 Å². The zero-order valence-corrected chi connectivity index (χ0v) is 12.3. The second kappa shape index (κ2) is 6.70. The summed E-state index contributed by atoms with van der Waals surface area (Å²) in [6.45, 7) is 2.33. The first-order valence-electron chi connectivity index (χ1n) is 6.44. The van der Waals surface area contributed by atoms with Gasteiger partial charge in [0.2, 0.25) is 6.79 Å². The Kier molecular flexibility index (Phi) is 4.49. The number of aromatic nitrogens is 2. The number of hydrogen-bond donors (Lipinski definition) is 1. The van der Waals surface area contributed by atoms with E-state index in [9.17, 15) is 0 Å². The Morgan fingerprint density at radius 2 is 2.19 bits per heavy atom. The fourth-order valence-electron chi connectivity index (χ4n) is 1.76. The van der Waals surface area contributed by atoms with E-state index in [4.69, 9.17) is 18.9 Å². The van der Waals surface area contributed by atoms with Crippen LogP contribution in [0, 0.1) is 0 Å². The zero-order chi connectivity index (χ0) is 14.5. The molecule has 112 valence electrons. The minimum Gasteiger partial charge on any atom is -0.454 e. The highest BCUT2D eigenvalue weighted by molar-refractivity contribution is 7.13. The molecule has 0 fully saturated rings. The highest BCUT2D eigenvalue weighted by atomic mass is 32.1. The van der Waals surface area contributed by atoms with Crippen LogP contribution in [-0.2, 0) is 11.3 Å². The summed E-state index contributed by atoms with van der Waals surface area (Å²) in [6.07, 6.45) is 0. The van der Waals surface area contributed by atoms with Gasteiger partial charge in [-0.2, -0.15) is 0 Å². The van der Waals surface area contributed by atoms with Gasteiger partial charge >= 0.3 is 0 Å². The van der Waals surface area contributed by atoms with E-state index in [0.717, 1.165) is 17.3 Å². The summed E-state index contributed by atoms with van der Waals surface area (Å²) in [5, 5.41) is 12.6. The summed E-state index contributed by atoms with van der Waals surface area (Å²) in [7, 11) is 1.67. The number of fused-ring (bicyclic) bond motifs is 1. The maximum atomic E-state index is 5.67. The average molecular weight is 309 g/mol. The molecule has 0 radical (unpaired) electrons. The van der Waals surface area contributed by atoms with Crippen molar-refractivity contribution < 1.29 is 18.9 Å². The molecule has 1 aliphatic rings. The molecule has 1 N–H and O–H groups in total. The van der Waals surface area contributed by atoms with E-state index in [2.05, 4.69) is 15.5 Å². The second-order valence-electron chi connectivity index (χ2n) is 4.25. The first kappa shape index (κ1) is 14.1. The van der Waals surface area contributed by atoms with Crippen molar-refractivity contribution in [2.24, 2.45) is 0 Å². The van der Waals surface area contributed by atoms with Crippen LogP contribution in [0.4, 0.5) is 0 Å². The van der Waals surface area contributed by atoms with Gasteiger partial charge in [-0.25, -0.2) is 0 Å². The van der Waals surface area contributed by atoms with E-state index >= 15 is 0 Å². The highest BCUT2D eigenvalue weighted by Crippen LogP contribution is 2.36. The number of hydrogen-bond acceptors (Lipinski definition) is 8. The van der Waals surface area contributed by atoms with Crippen molar-refractivity contribution in [3.05, 3.63) is 23.2 Å². The average Bonchev–Trinajstić information content (AvgIpc) is 3.12. The molecule has 1 aromatic heterocycles. The van der Waals surface area contributed by atoms with Crippen LogP contribution >= 0.6 is 11.3 Å². The lowest BCUT2D eigenvalue weighted by Crippen LogP contribution is -2.18. The smallest absolute Gasteiger partial charge is 0.299 e. The Labute approximate surface area is 125 Å².